The predicted molar refractivity (Wildman–Crippen MR) is 113 cm³/mol. The Balaban J connectivity index is 1.55. The van der Waals surface area contributed by atoms with Crippen LogP contribution in [0.4, 0.5) is 5.69 Å². The lowest BCUT2D eigenvalue weighted by Crippen LogP contribution is -2.23. The molecule has 1 N–H and O–H groups in total. The molecule has 0 bridgehead atoms. The van der Waals surface area contributed by atoms with Gasteiger partial charge in [-0.2, -0.15) is 0 Å². The molecule has 29 heavy (non-hydrogen) atoms. The molecule has 1 aliphatic heterocycles. The fourth-order valence-electron chi connectivity index (χ4n) is 3.53. The summed E-state index contributed by atoms with van der Waals surface area (Å²) in [6.45, 7) is 4.11. The van der Waals surface area contributed by atoms with E-state index in [0.717, 1.165) is 28.8 Å². The van der Waals surface area contributed by atoms with Crippen molar-refractivity contribution < 1.29 is 14.3 Å². The number of hydrogen-bond acceptors (Lipinski definition) is 3. The summed E-state index contributed by atoms with van der Waals surface area (Å²) < 4.78 is 5.62. The van der Waals surface area contributed by atoms with Crippen LogP contribution in [0.15, 0.2) is 66.7 Å². The number of hydrogen-bond donors (Lipinski definition) is 1. The van der Waals surface area contributed by atoms with Crippen LogP contribution in [0.1, 0.15) is 56.0 Å². The van der Waals surface area contributed by atoms with Crippen molar-refractivity contribution in [3.8, 4) is 0 Å². The first-order chi connectivity index (χ1) is 14.0. The third-order valence-electron chi connectivity index (χ3n) is 5.31. The summed E-state index contributed by atoms with van der Waals surface area (Å²) in [7, 11) is 0. The van der Waals surface area contributed by atoms with Gasteiger partial charge < -0.3 is 10.1 Å². The van der Waals surface area contributed by atoms with Gasteiger partial charge in [-0.05, 0) is 60.4 Å². The number of aryl methyl sites for hydroxylation is 2. The molecule has 1 heterocycles. The average Bonchev–Trinajstić information content (AvgIpc) is 2.74. The van der Waals surface area contributed by atoms with Gasteiger partial charge in [-0.15, -0.1) is 0 Å². The molecule has 0 fully saturated rings. The van der Waals surface area contributed by atoms with Crippen LogP contribution in [0.3, 0.4) is 0 Å². The molecule has 0 spiro atoms. The number of anilines is 1. The van der Waals surface area contributed by atoms with Gasteiger partial charge >= 0.3 is 5.97 Å². The quantitative estimate of drug-likeness (QED) is 0.623. The highest BCUT2D eigenvalue weighted by Gasteiger charge is 2.28. The summed E-state index contributed by atoms with van der Waals surface area (Å²) in [5.41, 5.74) is 5.97. The van der Waals surface area contributed by atoms with Crippen molar-refractivity contribution in [2.75, 3.05) is 5.32 Å². The van der Waals surface area contributed by atoms with E-state index in [1.807, 2.05) is 55.5 Å². The third-order valence-corrected chi connectivity index (χ3v) is 5.31. The third kappa shape index (κ3) is 4.06. The molecule has 0 radical (unpaired) electrons. The zero-order valence-corrected chi connectivity index (χ0v) is 16.6. The molecule has 0 aromatic heterocycles. The van der Waals surface area contributed by atoms with E-state index in [2.05, 4.69) is 12.2 Å². The molecule has 1 atom stereocenters. The molecule has 1 amide bonds. The maximum atomic E-state index is 12.7. The molecule has 4 nitrogen and oxygen atoms in total. The molecule has 4 heteroatoms. The van der Waals surface area contributed by atoms with Crippen molar-refractivity contribution in [3.05, 3.63) is 100 Å². The molecule has 1 aliphatic rings. The van der Waals surface area contributed by atoms with Crippen LogP contribution in [0.2, 0.25) is 0 Å². The molecule has 1 unspecified atom stereocenters. The molecule has 0 aliphatic carbocycles. The lowest BCUT2D eigenvalue weighted by Gasteiger charge is -2.25. The lowest BCUT2D eigenvalue weighted by atomic mass is 9.92. The number of rotatable bonds is 4. The Kier molecular flexibility index (Phi) is 5.17. The molecular weight excluding hydrogens is 362 g/mol. The normalized spacial score (nSPS) is 15.4. The Morgan fingerprint density at radius 3 is 2.45 bits per heavy atom. The molecule has 3 aromatic rings. The minimum atomic E-state index is -0.348. The fraction of sp³-hybridized carbons (Fsp3) is 0.200. The fourth-order valence-corrected chi connectivity index (χ4v) is 3.53. The van der Waals surface area contributed by atoms with Crippen LogP contribution in [0, 0.1) is 6.92 Å². The minimum absolute atomic E-state index is 0.192. The second kappa shape index (κ2) is 7.92. The van der Waals surface area contributed by atoms with E-state index in [0.29, 0.717) is 17.5 Å². The van der Waals surface area contributed by atoms with Crippen LogP contribution in [0.5, 0.6) is 0 Å². The Morgan fingerprint density at radius 1 is 1.03 bits per heavy atom. The summed E-state index contributed by atoms with van der Waals surface area (Å²) in [5, 5.41) is 2.92. The van der Waals surface area contributed by atoms with Crippen molar-refractivity contribution in [2.45, 2.75) is 32.8 Å². The molecule has 0 saturated carbocycles. The predicted octanol–water partition coefficient (Wildman–Crippen LogP) is 5.26. The number of carbonyl (C=O) groups is 2. The van der Waals surface area contributed by atoms with Crippen LogP contribution in [-0.4, -0.2) is 11.9 Å². The van der Waals surface area contributed by atoms with E-state index in [1.165, 1.54) is 5.56 Å². The topological polar surface area (TPSA) is 55.4 Å². The number of esters is 1. The first-order valence-electron chi connectivity index (χ1n) is 9.84. The van der Waals surface area contributed by atoms with Crippen LogP contribution in [-0.2, 0) is 17.6 Å². The van der Waals surface area contributed by atoms with E-state index >= 15 is 0 Å². The second-order valence-electron chi connectivity index (χ2n) is 7.39. The van der Waals surface area contributed by atoms with Gasteiger partial charge in [0.05, 0.1) is 5.56 Å². The first-order valence-corrected chi connectivity index (χ1v) is 9.84. The summed E-state index contributed by atoms with van der Waals surface area (Å²) in [6, 6.07) is 20.9. The summed E-state index contributed by atoms with van der Waals surface area (Å²) in [4.78, 5) is 25.1. The van der Waals surface area contributed by atoms with Gasteiger partial charge in [0.25, 0.3) is 5.91 Å². The first kappa shape index (κ1) is 18.9. The van der Waals surface area contributed by atoms with Gasteiger partial charge in [0.2, 0.25) is 0 Å². The number of carbonyl (C=O) groups excluding carboxylic acids is 2. The van der Waals surface area contributed by atoms with E-state index in [1.54, 1.807) is 18.2 Å². The number of benzene rings is 3. The van der Waals surface area contributed by atoms with Gasteiger partial charge in [0.1, 0.15) is 6.10 Å². The highest BCUT2D eigenvalue weighted by atomic mass is 16.5. The highest BCUT2D eigenvalue weighted by molar-refractivity contribution is 6.05. The molecule has 0 saturated heterocycles. The standard InChI is InChI=1S/C25H23NO3/c1-3-17-6-11-21(12-7-17)26-24(27)19-10-13-22-20(14-19)15-23(29-25(22)28)18-8-4-16(2)5-9-18/h4-14,23H,3,15H2,1-2H3,(H,26,27). The van der Waals surface area contributed by atoms with Gasteiger partial charge in [-0.3, -0.25) is 4.79 Å². The zero-order valence-electron chi connectivity index (χ0n) is 16.6. The molecule has 4 rings (SSSR count). The van der Waals surface area contributed by atoms with Crippen LogP contribution >= 0.6 is 0 Å². The van der Waals surface area contributed by atoms with Crippen molar-refractivity contribution in [1.29, 1.82) is 0 Å². The summed E-state index contributed by atoms with van der Waals surface area (Å²) in [5.74, 6) is -0.540. The van der Waals surface area contributed by atoms with E-state index in [-0.39, 0.29) is 18.0 Å². The van der Waals surface area contributed by atoms with Gasteiger partial charge in [0, 0.05) is 17.7 Å². The number of fused-ring (bicyclic) bond motifs is 1. The molecular formula is C25H23NO3. The smallest absolute Gasteiger partial charge is 0.339 e. The largest absolute Gasteiger partial charge is 0.454 e. The number of nitrogens with one attached hydrogen (secondary N) is 1. The second-order valence-corrected chi connectivity index (χ2v) is 7.39. The van der Waals surface area contributed by atoms with Crippen molar-refractivity contribution >= 4 is 17.6 Å². The lowest BCUT2D eigenvalue weighted by molar-refractivity contribution is 0.0252. The van der Waals surface area contributed by atoms with Crippen LogP contribution < -0.4 is 5.32 Å². The zero-order chi connectivity index (χ0) is 20.4. The van der Waals surface area contributed by atoms with Gasteiger partial charge in [0.15, 0.2) is 0 Å². The monoisotopic (exact) mass is 385 g/mol. The molecule has 146 valence electrons. The number of amides is 1. The van der Waals surface area contributed by atoms with Gasteiger partial charge in [-0.25, -0.2) is 4.79 Å². The highest BCUT2D eigenvalue weighted by Crippen LogP contribution is 2.31. The van der Waals surface area contributed by atoms with E-state index in [4.69, 9.17) is 4.74 Å². The molecule has 3 aromatic carbocycles. The Labute approximate surface area is 170 Å². The van der Waals surface area contributed by atoms with Crippen molar-refractivity contribution in [3.63, 3.8) is 0 Å². The van der Waals surface area contributed by atoms with E-state index < -0.39 is 0 Å². The Morgan fingerprint density at radius 2 is 1.76 bits per heavy atom. The van der Waals surface area contributed by atoms with Crippen molar-refractivity contribution in [1.82, 2.24) is 0 Å². The minimum Gasteiger partial charge on any atom is -0.454 e. The van der Waals surface area contributed by atoms with Crippen molar-refractivity contribution in [2.24, 2.45) is 0 Å². The average molecular weight is 385 g/mol. The van der Waals surface area contributed by atoms with Gasteiger partial charge in [-0.1, -0.05) is 48.9 Å². The maximum absolute atomic E-state index is 12.7. The number of ether oxygens (including phenoxy) is 1. The van der Waals surface area contributed by atoms with Crippen LogP contribution in [0.25, 0.3) is 0 Å². The SMILES string of the molecule is CCc1ccc(NC(=O)c2ccc3c(c2)CC(c2ccc(C)cc2)OC3=O)cc1. The summed E-state index contributed by atoms with van der Waals surface area (Å²) >= 11 is 0. The Hall–Kier alpha value is -3.40. The Bertz CT molecular complexity index is 1050. The summed E-state index contributed by atoms with van der Waals surface area (Å²) in [6.07, 6.45) is 1.17. The maximum Gasteiger partial charge on any atom is 0.339 e. The number of cyclic esters (lactones) is 1. The van der Waals surface area contributed by atoms with E-state index in [9.17, 15) is 9.59 Å².